The van der Waals surface area contributed by atoms with Gasteiger partial charge in [-0.2, -0.15) is 0 Å². The fraction of sp³-hybridized carbons (Fsp3) is 0.250. The molecule has 19 heavy (non-hydrogen) atoms. The van der Waals surface area contributed by atoms with Crippen molar-refractivity contribution in [2.75, 3.05) is 0 Å². The van der Waals surface area contributed by atoms with E-state index >= 15 is 0 Å². The molecule has 1 nitrogen and oxygen atoms in total. The summed E-state index contributed by atoms with van der Waals surface area (Å²) in [6.45, 7) is 2.12. The number of thioether (sulfide) groups is 1. The Morgan fingerprint density at radius 3 is 2.47 bits per heavy atom. The summed E-state index contributed by atoms with van der Waals surface area (Å²) in [5, 5.41) is 0.780. The molecule has 100 valence electrons. The van der Waals surface area contributed by atoms with Crippen LogP contribution in [0.3, 0.4) is 0 Å². The van der Waals surface area contributed by atoms with Gasteiger partial charge in [-0.1, -0.05) is 48.9 Å². The van der Waals surface area contributed by atoms with E-state index in [1.165, 1.54) is 16.0 Å². The first-order valence-electron chi connectivity index (χ1n) is 6.42. The van der Waals surface area contributed by atoms with Gasteiger partial charge in [0.25, 0.3) is 0 Å². The molecule has 2 N–H and O–H groups in total. The molecule has 0 aliphatic heterocycles. The highest BCUT2D eigenvalue weighted by Crippen LogP contribution is 2.30. The van der Waals surface area contributed by atoms with Gasteiger partial charge < -0.3 is 5.73 Å². The normalized spacial score (nSPS) is 12.4. The zero-order valence-corrected chi connectivity index (χ0v) is 12.5. The Hall–Kier alpha value is -0.960. The third kappa shape index (κ3) is 4.00. The van der Waals surface area contributed by atoms with Gasteiger partial charge in [0.15, 0.2) is 0 Å². The van der Waals surface area contributed by atoms with Crippen molar-refractivity contribution < 1.29 is 0 Å². The molecule has 1 atom stereocenters. The molecular weight excluding hydrogens is 274 g/mol. The van der Waals surface area contributed by atoms with E-state index in [9.17, 15) is 0 Å². The summed E-state index contributed by atoms with van der Waals surface area (Å²) in [5.74, 6) is 0.935. The third-order valence-electron chi connectivity index (χ3n) is 3.07. The number of benzene rings is 2. The van der Waals surface area contributed by atoms with E-state index in [1.807, 2.05) is 23.9 Å². The summed E-state index contributed by atoms with van der Waals surface area (Å²) < 4.78 is 0. The Morgan fingerprint density at radius 2 is 1.79 bits per heavy atom. The van der Waals surface area contributed by atoms with Gasteiger partial charge in [-0.05, 0) is 35.7 Å². The summed E-state index contributed by atoms with van der Waals surface area (Å²) in [7, 11) is 0. The molecule has 2 rings (SSSR count). The van der Waals surface area contributed by atoms with Crippen LogP contribution in [0.4, 0.5) is 0 Å². The molecule has 0 unspecified atom stereocenters. The Labute approximate surface area is 124 Å². The maximum Gasteiger partial charge on any atom is 0.0406 e. The summed E-state index contributed by atoms with van der Waals surface area (Å²) in [6.07, 6.45) is 0.957. The molecular formula is C16H18ClNS. The molecule has 0 aromatic heterocycles. The largest absolute Gasteiger partial charge is 0.324 e. The molecule has 0 bridgehead atoms. The van der Waals surface area contributed by atoms with E-state index in [4.69, 9.17) is 17.3 Å². The fourth-order valence-electron chi connectivity index (χ4n) is 1.88. The van der Waals surface area contributed by atoms with Crippen LogP contribution in [0, 0.1) is 0 Å². The van der Waals surface area contributed by atoms with Gasteiger partial charge in [0.2, 0.25) is 0 Å². The molecule has 0 spiro atoms. The van der Waals surface area contributed by atoms with Crippen molar-refractivity contribution in [3.05, 3.63) is 64.7 Å². The Bertz CT molecular complexity index is 525. The monoisotopic (exact) mass is 291 g/mol. The number of hydrogen-bond donors (Lipinski definition) is 1. The Morgan fingerprint density at radius 1 is 1.11 bits per heavy atom. The molecule has 0 amide bonds. The topological polar surface area (TPSA) is 26.0 Å². The van der Waals surface area contributed by atoms with Crippen molar-refractivity contribution in [1.82, 2.24) is 0 Å². The molecule has 0 radical (unpaired) electrons. The summed E-state index contributed by atoms with van der Waals surface area (Å²) in [6, 6.07) is 16.5. The lowest BCUT2D eigenvalue weighted by Gasteiger charge is -2.14. The fourth-order valence-corrected chi connectivity index (χ4v) is 3.08. The highest BCUT2D eigenvalue weighted by atomic mass is 35.5. The maximum atomic E-state index is 6.15. The first-order valence-corrected chi connectivity index (χ1v) is 7.78. The molecule has 3 heteroatoms. The minimum absolute atomic E-state index is 0.119. The van der Waals surface area contributed by atoms with Crippen molar-refractivity contribution in [1.29, 1.82) is 0 Å². The van der Waals surface area contributed by atoms with Crippen molar-refractivity contribution >= 4 is 23.4 Å². The van der Waals surface area contributed by atoms with Gasteiger partial charge in [0.1, 0.15) is 0 Å². The Kier molecular flexibility index (Phi) is 5.32. The lowest BCUT2D eigenvalue weighted by Crippen LogP contribution is -2.09. The van der Waals surface area contributed by atoms with Crippen molar-refractivity contribution in [2.24, 2.45) is 5.73 Å². The molecule has 0 heterocycles. The van der Waals surface area contributed by atoms with Gasteiger partial charge in [0.05, 0.1) is 0 Å². The number of hydrogen-bond acceptors (Lipinski definition) is 2. The highest BCUT2D eigenvalue weighted by molar-refractivity contribution is 7.98. The molecule has 0 aliphatic carbocycles. The Balaban J connectivity index is 2.09. The molecule has 0 saturated carbocycles. The average molecular weight is 292 g/mol. The average Bonchev–Trinajstić information content (AvgIpc) is 2.46. The SMILES string of the molecule is CC[C@H](N)c1ccccc1SCc1ccc(Cl)cc1. The van der Waals surface area contributed by atoms with E-state index in [0.717, 1.165) is 17.2 Å². The first-order chi connectivity index (χ1) is 9.20. The van der Waals surface area contributed by atoms with Gasteiger partial charge in [-0.25, -0.2) is 0 Å². The predicted octanol–water partition coefficient (Wildman–Crippen LogP) is 5.04. The summed E-state index contributed by atoms with van der Waals surface area (Å²) in [4.78, 5) is 1.27. The van der Waals surface area contributed by atoms with Gasteiger partial charge >= 0.3 is 0 Å². The van der Waals surface area contributed by atoms with Gasteiger partial charge in [-0.3, -0.25) is 0 Å². The van der Waals surface area contributed by atoms with Crippen LogP contribution < -0.4 is 5.73 Å². The molecule has 2 aromatic rings. The van der Waals surface area contributed by atoms with Crippen LogP contribution in [0.5, 0.6) is 0 Å². The van der Waals surface area contributed by atoms with Crippen LogP contribution >= 0.6 is 23.4 Å². The van der Waals surface area contributed by atoms with Gasteiger partial charge in [0, 0.05) is 21.7 Å². The number of rotatable bonds is 5. The lowest BCUT2D eigenvalue weighted by molar-refractivity contribution is 0.685. The van der Waals surface area contributed by atoms with Crippen LogP contribution in [0.15, 0.2) is 53.4 Å². The third-order valence-corrected chi connectivity index (χ3v) is 4.48. The van der Waals surface area contributed by atoms with Crippen LogP contribution in [0.1, 0.15) is 30.5 Å². The first kappa shape index (κ1) is 14.4. The quantitative estimate of drug-likeness (QED) is 0.781. The van der Waals surface area contributed by atoms with Crippen LogP contribution in [0.2, 0.25) is 5.02 Å². The number of halogens is 1. The second-order valence-electron chi connectivity index (χ2n) is 4.47. The van der Waals surface area contributed by atoms with E-state index in [-0.39, 0.29) is 6.04 Å². The number of nitrogens with two attached hydrogens (primary N) is 1. The zero-order chi connectivity index (χ0) is 13.7. The molecule has 0 aliphatic rings. The predicted molar refractivity (Wildman–Crippen MR) is 84.7 cm³/mol. The van der Waals surface area contributed by atoms with Crippen molar-refractivity contribution in [3.63, 3.8) is 0 Å². The molecule has 0 saturated heterocycles. The van der Waals surface area contributed by atoms with Crippen LogP contribution in [-0.2, 0) is 5.75 Å². The minimum Gasteiger partial charge on any atom is -0.324 e. The van der Waals surface area contributed by atoms with E-state index in [0.29, 0.717) is 0 Å². The van der Waals surface area contributed by atoms with E-state index < -0.39 is 0 Å². The molecule has 2 aromatic carbocycles. The standard InChI is InChI=1S/C16H18ClNS/c1-2-15(18)14-5-3-4-6-16(14)19-11-12-7-9-13(17)10-8-12/h3-10,15H,2,11,18H2,1H3/t15-/m0/s1. The maximum absolute atomic E-state index is 6.15. The van der Waals surface area contributed by atoms with Crippen LogP contribution in [-0.4, -0.2) is 0 Å². The summed E-state index contributed by atoms with van der Waals surface area (Å²) >= 11 is 7.72. The zero-order valence-electron chi connectivity index (χ0n) is 11.0. The second kappa shape index (κ2) is 6.99. The van der Waals surface area contributed by atoms with Crippen molar-refractivity contribution in [3.8, 4) is 0 Å². The lowest BCUT2D eigenvalue weighted by atomic mass is 10.1. The minimum atomic E-state index is 0.119. The highest BCUT2D eigenvalue weighted by Gasteiger charge is 2.09. The molecule has 0 fully saturated rings. The smallest absolute Gasteiger partial charge is 0.0406 e. The summed E-state index contributed by atoms with van der Waals surface area (Å²) in [5.41, 5.74) is 8.67. The van der Waals surface area contributed by atoms with Gasteiger partial charge in [-0.15, -0.1) is 11.8 Å². The van der Waals surface area contributed by atoms with Crippen LogP contribution in [0.25, 0.3) is 0 Å². The van der Waals surface area contributed by atoms with E-state index in [2.05, 4.69) is 43.3 Å². The van der Waals surface area contributed by atoms with E-state index in [1.54, 1.807) is 0 Å². The second-order valence-corrected chi connectivity index (χ2v) is 5.92. The van der Waals surface area contributed by atoms with Crippen molar-refractivity contribution in [2.45, 2.75) is 30.0 Å².